The van der Waals surface area contributed by atoms with Gasteiger partial charge in [0.1, 0.15) is 6.54 Å². The number of aromatic carboxylic acids is 1. The number of hydrogen-bond donors (Lipinski definition) is 1. The van der Waals surface area contributed by atoms with E-state index in [-0.39, 0.29) is 24.2 Å². The Balaban J connectivity index is 1.55. The third-order valence-corrected chi connectivity index (χ3v) is 3.09. The van der Waals surface area contributed by atoms with Crippen LogP contribution in [0.15, 0.2) is 18.6 Å². The highest BCUT2D eigenvalue weighted by Gasteiger charge is 2.33. The van der Waals surface area contributed by atoms with Gasteiger partial charge in [-0.2, -0.15) is 0 Å². The minimum absolute atomic E-state index is 0.0321. The molecule has 0 aromatic carbocycles. The summed E-state index contributed by atoms with van der Waals surface area (Å²) in [7, 11) is 0. The zero-order valence-corrected chi connectivity index (χ0v) is 10.3. The van der Waals surface area contributed by atoms with E-state index >= 15 is 0 Å². The van der Waals surface area contributed by atoms with Gasteiger partial charge in [-0.3, -0.25) is 4.79 Å². The van der Waals surface area contributed by atoms with Crippen molar-refractivity contribution in [1.82, 2.24) is 34.9 Å². The first-order chi connectivity index (χ1) is 9.63. The average molecular weight is 277 g/mol. The third-order valence-electron chi connectivity index (χ3n) is 3.09. The van der Waals surface area contributed by atoms with Crippen molar-refractivity contribution in [2.24, 2.45) is 0 Å². The molecule has 1 aliphatic heterocycles. The molecule has 0 spiro atoms. The second-order valence-electron chi connectivity index (χ2n) is 4.44. The standard InChI is InChI=1S/C10H11N7O3/c18-9(6-16-2-1-11-13-16)15-3-7(4-15)17-5-8(10(19)20)12-14-17/h1-2,5,7H,3-4,6H2,(H,19,20). The van der Waals surface area contributed by atoms with Gasteiger partial charge in [-0.1, -0.05) is 10.4 Å². The molecule has 1 N–H and O–H groups in total. The monoisotopic (exact) mass is 277 g/mol. The first-order valence-corrected chi connectivity index (χ1v) is 5.90. The fourth-order valence-corrected chi connectivity index (χ4v) is 1.94. The number of carboxylic acids is 1. The van der Waals surface area contributed by atoms with Crippen molar-refractivity contribution >= 4 is 11.9 Å². The minimum atomic E-state index is -1.12. The topological polar surface area (TPSA) is 119 Å². The molecule has 1 amide bonds. The number of hydrogen-bond acceptors (Lipinski definition) is 6. The fourth-order valence-electron chi connectivity index (χ4n) is 1.94. The number of carboxylic acid groups (broad SMARTS) is 1. The summed E-state index contributed by atoms with van der Waals surface area (Å²) < 4.78 is 2.93. The van der Waals surface area contributed by atoms with Crippen LogP contribution in [-0.2, 0) is 11.3 Å². The van der Waals surface area contributed by atoms with Crippen LogP contribution in [0, 0.1) is 0 Å². The van der Waals surface area contributed by atoms with Crippen LogP contribution in [0.5, 0.6) is 0 Å². The summed E-state index contributed by atoms with van der Waals surface area (Å²) in [6, 6.07) is -0.0321. The smallest absolute Gasteiger partial charge is 0.358 e. The van der Waals surface area contributed by atoms with Crippen LogP contribution in [-0.4, -0.2) is 65.0 Å². The van der Waals surface area contributed by atoms with Crippen LogP contribution in [0.1, 0.15) is 16.5 Å². The van der Waals surface area contributed by atoms with Gasteiger partial charge in [-0.15, -0.1) is 10.2 Å². The van der Waals surface area contributed by atoms with Gasteiger partial charge < -0.3 is 10.0 Å². The SMILES string of the molecule is O=C(O)c1cn(C2CN(C(=O)Cn3ccnn3)C2)nn1. The Kier molecular flexibility index (Phi) is 2.89. The average Bonchev–Trinajstić information content (AvgIpc) is 2.97. The Morgan fingerprint density at radius 1 is 1.35 bits per heavy atom. The lowest BCUT2D eigenvalue weighted by Gasteiger charge is -2.38. The van der Waals surface area contributed by atoms with Gasteiger partial charge in [0, 0.05) is 19.3 Å². The van der Waals surface area contributed by atoms with E-state index in [9.17, 15) is 9.59 Å². The van der Waals surface area contributed by atoms with Gasteiger partial charge in [-0.05, 0) is 0 Å². The normalized spacial score (nSPS) is 15.1. The summed E-state index contributed by atoms with van der Waals surface area (Å²) in [5.74, 6) is -1.18. The molecule has 0 unspecified atom stereocenters. The molecule has 10 nitrogen and oxygen atoms in total. The Morgan fingerprint density at radius 3 is 2.75 bits per heavy atom. The first kappa shape index (κ1) is 12.3. The molecule has 2 aromatic heterocycles. The molecule has 3 heterocycles. The molecule has 104 valence electrons. The zero-order chi connectivity index (χ0) is 14.1. The van der Waals surface area contributed by atoms with Gasteiger partial charge in [0.15, 0.2) is 5.69 Å². The number of carbonyl (C=O) groups excluding carboxylic acids is 1. The highest BCUT2D eigenvalue weighted by molar-refractivity contribution is 5.84. The summed E-state index contributed by atoms with van der Waals surface area (Å²) in [5.41, 5.74) is -0.0996. The largest absolute Gasteiger partial charge is 0.476 e. The van der Waals surface area contributed by atoms with E-state index in [1.54, 1.807) is 11.1 Å². The quantitative estimate of drug-likeness (QED) is 0.733. The summed E-state index contributed by atoms with van der Waals surface area (Å²) in [6.07, 6.45) is 4.49. The van der Waals surface area contributed by atoms with Crippen molar-refractivity contribution < 1.29 is 14.7 Å². The summed E-state index contributed by atoms with van der Waals surface area (Å²) in [4.78, 5) is 24.2. The Morgan fingerprint density at radius 2 is 2.15 bits per heavy atom. The molecule has 1 fully saturated rings. The van der Waals surface area contributed by atoms with Gasteiger partial charge in [-0.25, -0.2) is 14.2 Å². The summed E-state index contributed by atoms with van der Waals surface area (Å²) in [6.45, 7) is 1.11. The molecule has 20 heavy (non-hydrogen) atoms. The maximum absolute atomic E-state index is 11.9. The number of carbonyl (C=O) groups is 2. The van der Waals surface area contributed by atoms with Crippen LogP contribution < -0.4 is 0 Å². The van der Waals surface area contributed by atoms with Gasteiger partial charge in [0.25, 0.3) is 0 Å². The summed E-state index contributed by atoms with van der Waals surface area (Å²) >= 11 is 0. The van der Waals surface area contributed by atoms with Crippen molar-refractivity contribution in [2.75, 3.05) is 13.1 Å². The Labute approximate surface area is 112 Å². The van der Waals surface area contributed by atoms with Crippen molar-refractivity contribution in [2.45, 2.75) is 12.6 Å². The maximum atomic E-state index is 11.9. The lowest BCUT2D eigenvalue weighted by molar-refractivity contribution is -0.138. The molecule has 3 rings (SSSR count). The number of likely N-dealkylation sites (tertiary alicyclic amines) is 1. The minimum Gasteiger partial charge on any atom is -0.476 e. The van der Waals surface area contributed by atoms with Gasteiger partial charge in [0.2, 0.25) is 5.91 Å². The predicted molar refractivity (Wildman–Crippen MR) is 62.6 cm³/mol. The Hall–Kier alpha value is -2.78. The number of nitrogens with zero attached hydrogens (tertiary/aromatic N) is 7. The van der Waals surface area contributed by atoms with E-state index in [1.165, 1.54) is 21.8 Å². The van der Waals surface area contributed by atoms with E-state index in [0.717, 1.165) is 0 Å². The molecule has 2 aromatic rings. The number of amides is 1. The zero-order valence-electron chi connectivity index (χ0n) is 10.3. The number of rotatable bonds is 4. The van der Waals surface area contributed by atoms with E-state index in [1.807, 2.05) is 0 Å². The van der Waals surface area contributed by atoms with E-state index in [4.69, 9.17) is 5.11 Å². The lowest BCUT2D eigenvalue weighted by atomic mass is 10.1. The molecule has 10 heteroatoms. The number of aromatic nitrogens is 6. The van der Waals surface area contributed by atoms with E-state index in [2.05, 4.69) is 20.6 Å². The molecule has 1 aliphatic rings. The second kappa shape index (κ2) is 4.72. The van der Waals surface area contributed by atoms with Gasteiger partial charge >= 0.3 is 5.97 Å². The van der Waals surface area contributed by atoms with Crippen LogP contribution in [0.3, 0.4) is 0 Å². The molecule has 0 bridgehead atoms. The molecule has 1 saturated heterocycles. The predicted octanol–water partition coefficient (Wildman–Crippen LogP) is -1.35. The lowest BCUT2D eigenvalue weighted by Crippen LogP contribution is -2.51. The maximum Gasteiger partial charge on any atom is 0.358 e. The van der Waals surface area contributed by atoms with Crippen molar-refractivity contribution in [1.29, 1.82) is 0 Å². The molecular formula is C10H11N7O3. The third kappa shape index (κ3) is 2.22. The van der Waals surface area contributed by atoms with Crippen LogP contribution in [0.4, 0.5) is 0 Å². The van der Waals surface area contributed by atoms with E-state index in [0.29, 0.717) is 13.1 Å². The second-order valence-corrected chi connectivity index (χ2v) is 4.44. The molecule has 0 radical (unpaired) electrons. The molecule has 0 saturated carbocycles. The van der Waals surface area contributed by atoms with Crippen molar-refractivity contribution in [3.05, 3.63) is 24.3 Å². The van der Waals surface area contributed by atoms with Crippen LogP contribution >= 0.6 is 0 Å². The van der Waals surface area contributed by atoms with Crippen molar-refractivity contribution in [3.8, 4) is 0 Å². The fraction of sp³-hybridized carbons (Fsp3) is 0.400. The van der Waals surface area contributed by atoms with Gasteiger partial charge in [0.05, 0.1) is 18.4 Å². The highest BCUT2D eigenvalue weighted by atomic mass is 16.4. The van der Waals surface area contributed by atoms with Crippen LogP contribution in [0.25, 0.3) is 0 Å². The molecule has 0 aliphatic carbocycles. The van der Waals surface area contributed by atoms with Crippen LogP contribution in [0.2, 0.25) is 0 Å². The summed E-state index contributed by atoms with van der Waals surface area (Å²) in [5, 5.41) is 23.4. The highest BCUT2D eigenvalue weighted by Crippen LogP contribution is 2.20. The molecular weight excluding hydrogens is 266 g/mol. The first-order valence-electron chi connectivity index (χ1n) is 5.90. The Bertz CT molecular complexity index is 629. The molecule has 0 atom stereocenters. The van der Waals surface area contributed by atoms with E-state index < -0.39 is 5.97 Å². The van der Waals surface area contributed by atoms with Crippen molar-refractivity contribution in [3.63, 3.8) is 0 Å².